The third-order valence-corrected chi connectivity index (χ3v) is 3.45. The first-order valence-electron chi connectivity index (χ1n) is 6.03. The van der Waals surface area contributed by atoms with Crippen molar-refractivity contribution in [2.45, 2.75) is 31.8 Å². The van der Waals surface area contributed by atoms with E-state index >= 15 is 0 Å². The van der Waals surface area contributed by atoms with Gasteiger partial charge in [0.1, 0.15) is 0 Å². The Morgan fingerprint density at radius 3 is 2.65 bits per heavy atom. The molecule has 0 aliphatic carbocycles. The maximum atomic E-state index is 12.0. The highest BCUT2D eigenvalue weighted by atomic mass is 32.2. The zero-order valence-electron chi connectivity index (χ0n) is 11.3. The van der Waals surface area contributed by atoms with E-state index in [0.29, 0.717) is 5.69 Å². The molecule has 1 amide bonds. The summed E-state index contributed by atoms with van der Waals surface area (Å²) in [5.74, 6) is -0.702. The molecule has 3 nitrogen and oxygen atoms in total. The van der Waals surface area contributed by atoms with E-state index in [-0.39, 0.29) is 23.9 Å². The number of halogens is 3. The van der Waals surface area contributed by atoms with Crippen molar-refractivity contribution in [3.8, 4) is 0 Å². The Kier molecular flexibility index (Phi) is 5.88. The van der Waals surface area contributed by atoms with Crippen molar-refractivity contribution in [2.24, 2.45) is 5.73 Å². The Labute approximate surface area is 120 Å². The fourth-order valence-corrected chi connectivity index (χ4v) is 2.13. The molecular formula is C13H17F3N2OS. The minimum Gasteiger partial charge on any atom is -0.324 e. The van der Waals surface area contributed by atoms with Gasteiger partial charge in [0.15, 0.2) is 0 Å². The lowest BCUT2D eigenvalue weighted by Crippen LogP contribution is -2.36. The second kappa shape index (κ2) is 6.99. The number of nitrogens with two attached hydrogens (primary N) is 1. The third kappa shape index (κ3) is 5.83. The van der Waals surface area contributed by atoms with Crippen LogP contribution in [-0.2, 0) is 4.79 Å². The highest BCUT2D eigenvalue weighted by Crippen LogP contribution is 2.30. The molecule has 0 aliphatic heterocycles. The van der Waals surface area contributed by atoms with E-state index in [1.807, 2.05) is 26.0 Å². The van der Waals surface area contributed by atoms with Crippen molar-refractivity contribution < 1.29 is 18.0 Å². The lowest BCUT2D eigenvalue weighted by atomic mass is 10.1. The minimum atomic E-state index is -4.29. The van der Waals surface area contributed by atoms with E-state index in [1.54, 1.807) is 6.07 Å². The summed E-state index contributed by atoms with van der Waals surface area (Å²) in [6.07, 6.45) is -0.0269. The Bertz CT molecular complexity index is 477. The number of aryl methyl sites for hydroxylation is 2. The maximum absolute atomic E-state index is 12.0. The van der Waals surface area contributed by atoms with Crippen molar-refractivity contribution in [1.29, 1.82) is 0 Å². The molecule has 1 aromatic carbocycles. The van der Waals surface area contributed by atoms with Gasteiger partial charge in [0.25, 0.3) is 0 Å². The first-order valence-corrected chi connectivity index (χ1v) is 7.02. The van der Waals surface area contributed by atoms with Gasteiger partial charge in [0.05, 0.1) is 6.04 Å². The van der Waals surface area contributed by atoms with Gasteiger partial charge in [0.2, 0.25) is 5.91 Å². The second-order valence-corrected chi connectivity index (χ2v) is 5.66. The Balaban J connectivity index is 2.51. The standard InChI is InChI=1S/C13H17F3N2OS/c1-8-3-4-9(2)11(7-8)18-12(19)10(17)5-6-20-13(14,15)16/h3-4,7,10H,5-6,17H2,1-2H3,(H,18,19)/t10-/m0/s1. The van der Waals surface area contributed by atoms with Gasteiger partial charge in [0, 0.05) is 11.4 Å². The first-order chi connectivity index (χ1) is 9.19. The fraction of sp³-hybridized carbons (Fsp3) is 0.462. The molecule has 0 bridgehead atoms. The van der Waals surface area contributed by atoms with Crippen LogP contribution in [0, 0.1) is 13.8 Å². The smallest absolute Gasteiger partial charge is 0.324 e. The normalized spacial score (nSPS) is 13.1. The van der Waals surface area contributed by atoms with Gasteiger partial charge in [-0.3, -0.25) is 4.79 Å². The number of rotatable bonds is 5. The summed E-state index contributed by atoms with van der Waals surface area (Å²) in [5.41, 5.74) is 3.79. The van der Waals surface area contributed by atoms with Crippen LogP contribution in [0.2, 0.25) is 0 Å². The van der Waals surface area contributed by atoms with Crippen LogP contribution in [0.15, 0.2) is 18.2 Å². The average Bonchev–Trinajstić information content (AvgIpc) is 2.32. The minimum absolute atomic E-state index is 0.0269. The molecule has 20 heavy (non-hydrogen) atoms. The molecule has 1 rings (SSSR count). The molecular weight excluding hydrogens is 289 g/mol. The number of amides is 1. The van der Waals surface area contributed by atoms with Crippen LogP contribution in [0.25, 0.3) is 0 Å². The zero-order chi connectivity index (χ0) is 15.3. The quantitative estimate of drug-likeness (QED) is 0.878. The summed E-state index contributed by atoms with van der Waals surface area (Å²) in [6, 6.07) is 4.61. The van der Waals surface area contributed by atoms with Gasteiger partial charge in [-0.15, -0.1) is 0 Å². The number of anilines is 1. The Hall–Kier alpha value is -1.21. The third-order valence-electron chi connectivity index (χ3n) is 2.68. The predicted octanol–water partition coefficient (Wildman–Crippen LogP) is 3.21. The molecule has 0 aromatic heterocycles. The molecule has 1 atom stereocenters. The largest absolute Gasteiger partial charge is 0.441 e. The van der Waals surface area contributed by atoms with Gasteiger partial charge in [-0.05, 0) is 37.5 Å². The Morgan fingerprint density at radius 1 is 1.40 bits per heavy atom. The molecule has 0 spiro atoms. The first kappa shape index (κ1) is 16.8. The average molecular weight is 306 g/mol. The summed E-state index contributed by atoms with van der Waals surface area (Å²) in [7, 11) is 0. The molecule has 3 N–H and O–H groups in total. The van der Waals surface area contributed by atoms with E-state index < -0.39 is 17.5 Å². The molecule has 0 saturated heterocycles. The van der Waals surface area contributed by atoms with Crippen molar-refractivity contribution in [3.05, 3.63) is 29.3 Å². The van der Waals surface area contributed by atoms with Crippen LogP contribution in [0.5, 0.6) is 0 Å². The summed E-state index contributed by atoms with van der Waals surface area (Å²) < 4.78 is 35.9. The molecule has 1 aromatic rings. The number of nitrogens with one attached hydrogen (secondary N) is 1. The number of hydrogen-bond acceptors (Lipinski definition) is 3. The van der Waals surface area contributed by atoms with Crippen molar-refractivity contribution in [2.75, 3.05) is 11.1 Å². The van der Waals surface area contributed by atoms with E-state index in [4.69, 9.17) is 5.73 Å². The van der Waals surface area contributed by atoms with Crippen LogP contribution in [0.4, 0.5) is 18.9 Å². The van der Waals surface area contributed by atoms with Crippen LogP contribution in [0.3, 0.4) is 0 Å². The number of alkyl halides is 3. The number of carbonyl (C=O) groups is 1. The van der Waals surface area contributed by atoms with E-state index in [2.05, 4.69) is 5.32 Å². The summed E-state index contributed by atoms with van der Waals surface area (Å²) >= 11 is -0.169. The summed E-state index contributed by atoms with van der Waals surface area (Å²) in [4.78, 5) is 11.8. The molecule has 0 heterocycles. The highest BCUT2D eigenvalue weighted by Gasteiger charge is 2.28. The Morgan fingerprint density at radius 2 is 2.05 bits per heavy atom. The van der Waals surface area contributed by atoms with Crippen LogP contribution in [-0.4, -0.2) is 23.2 Å². The van der Waals surface area contributed by atoms with Crippen molar-refractivity contribution in [1.82, 2.24) is 0 Å². The van der Waals surface area contributed by atoms with Crippen LogP contribution in [0.1, 0.15) is 17.5 Å². The van der Waals surface area contributed by atoms with Crippen LogP contribution >= 0.6 is 11.8 Å². The summed E-state index contributed by atoms with van der Waals surface area (Å²) in [5, 5.41) is 2.64. The fourth-order valence-electron chi connectivity index (χ4n) is 1.53. The zero-order valence-corrected chi connectivity index (χ0v) is 12.1. The lowest BCUT2D eigenvalue weighted by molar-refractivity contribution is -0.117. The topological polar surface area (TPSA) is 55.1 Å². The van der Waals surface area contributed by atoms with Crippen molar-refractivity contribution >= 4 is 23.4 Å². The second-order valence-electron chi connectivity index (χ2n) is 4.50. The molecule has 0 fully saturated rings. The molecule has 0 unspecified atom stereocenters. The molecule has 112 valence electrons. The molecule has 0 aliphatic rings. The monoisotopic (exact) mass is 306 g/mol. The van der Waals surface area contributed by atoms with Gasteiger partial charge in [-0.25, -0.2) is 0 Å². The van der Waals surface area contributed by atoms with Crippen LogP contribution < -0.4 is 11.1 Å². The molecule has 0 radical (unpaired) electrons. The number of thioether (sulfide) groups is 1. The maximum Gasteiger partial charge on any atom is 0.441 e. The van der Waals surface area contributed by atoms with Gasteiger partial charge >= 0.3 is 5.51 Å². The van der Waals surface area contributed by atoms with E-state index in [1.165, 1.54) is 0 Å². The number of benzene rings is 1. The van der Waals surface area contributed by atoms with E-state index in [0.717, 1.165) is 11.1 Å². The van der Waals surface area contributed by atoms with Gasteiger partial charge in [-0.2, -0.15) is 13.2 Å². The van der Waals surface area contributed by atoms with Gasteiger partial charge < -0.3 is 11.1 Å². The number of hydrogen-bond donors (Lipinski definition) is 2. The molecule has 0 saturated carbocycles. The van der Waals surface area contributed by atoms with Gasteiger partial charge in [-0.1, -0.05) is 23.9 Å². The predicted molar refractivity (Wildman–Crippen MR) is 75.7 cm³/mol. The summed E-state index contributed by atoms with van der Waals surface area (Å²) in [6.45, 7) is 3.72. The van der Waals surface area contributed by atoms with E-state index in [9.17, 15) is 18.0 Å². The highest BCUT2D eigenvalue weighted by molar-refractivity contribution is 8.00. The SMILES string of the molecule is Cc1ccc(C)c(NC(=O)[C@@H](N)CCSC(F)(F)F)c1. The molecule has 7 heteroatoms. The lowest BCUT2D eigenvalue weighted by Gasteiger charge is -2.14. The number of carbonyl (C=O) groups excluding carboxylic acids is 1. The van der Waals surface area contributed by atoms with Crippen molar-refractivity contribution in [3.63, 3.8) is 0 Å².